The first kappa shape index (κ1) is 17.9. The number of nitro groups is 1. The Labute approximate surface area is 144 Å². The highest BCUT2D eigenvalue weighted by atomic mass is 16.6. The summed E-state index contributed by atoms with van der Waals surface area (Å²) in [6.45, 7) is 1.69. The predicted molar refractivity (Wildman–Crippen MR) is 94.9 cm³/mol. The molecule has 25 heavy (non-hydrogen) atoms. The molecule has 0 aliphatic rings. The van der Waals surface area contributed by atoms with Crippen LogP contribution >= 0.6 is 0 Å². The lowest BCUT2D eigenvalue weighted by molar-refractivity contribution is -0.384. The molecule has 1 unspecified atom stereocenters. The normalized spacial score (nSPS) is 11.8. The second-order valence-corrected chi connectivity index (χ2v) is 5.15. The zero-order valence-corrected chi connectivity index (χ0v) is 13.8. The van der Waals surface area contributed by atoms with Crippen LogP contribution in [0.15, 0.2) is 53.6 Å². The minimum absolute atomic E-state index is 0.0403. The molecule has 0 radical (unpaired) electrons. The van der Waals surface area contributed by atoms with Crippen LogP contribution in [-0.2, 0) is 4.79 Å². The number of rotatable bonds is 7. The standard InChI is InChI=1S/C17H18N4O4/c1-12(19-15-8-3-4-9-16(15)25-2)17(22)20-18-11-13-6-5-7-14(10-13)21(23)24/h3-12,19H,1-2H3,(H,20,22)/b18-11+. The van der Waals surface area contributed by atoms with E-state index in [0.29, 0.717) is 17.0 Å². The van der Waals surface area contributed by atoms with Gasteiger partial charge in [-0.15, -0.1) is 0 Å². The minimum Gasteiger partial charge on any atom is -0.495 e. The maximum atomic E-state index is 12.1. The molecule has 0 spiro atoms. The third kappa shape index (κ3) is 5.03. The van der Waals surface area contributed by atoms with Crippen molar-refractivity contribution < 1.29 is 14.5 Å². The van der Waals surface area contributed by atoms with Gasteiger partial charge in [0.1, 0.15) is 11.8 Å². The highest BCUT2D eigenvalue weighted by Crippen LogP contribution is 2.23. The van der Waals surface area contributed by atoms with Crippen molar-refractivity contribution in [1.82, 2.24) is 5.43 Å². The average molecular weight is 342 g/mol. The number of amides is 1. The van der Waals surface area contributed by atoms with Crippen molar-refractivity contribution in [3.05, 3.63) is 64.2 Å². The molecule has 0 bridgehead atoms. The van der Waals surface area contributed by atoms with Crippen LogP contribution < -0.4 is 15.5 Å². The largest absolute Gasteiger partial charge is 0.495 e. The average Bonchev–Trinajstić information content (AvgIpc) is 2.62. The number of nitrogens with zero attached hydrogens (tertiary/aromatic N) is 2. The first-order chi connectivity index (χ1) is 12.0. The van der Waals surface area contributed by atoms with E-state index in [1.165, 1.54) is 18.3 Å². The van der Waals surface area contributed by atoms with Gasteiger partial charge in [-0.2, -0.15) is 5.10 Å². The van der Waals surface area contributed by atoms with Crippen LogP contribution in [0.2, 0.25) is 0 Å². The lowest BCUT2D eigenvalue weighted by atomic mass is 10.2. The van der Waals surface area contributed by atoms with E-state index in [-0.39, 0.29) is 11.6 Å². The number of hydrazone groups is 1. The summed E-state index contributed by atoms with van der Waals surface area (Å²) in [5, 5.41) is 17.6. The summed E-state index contributed by atoms with van der Waals surface area (Å²) in [5.41, 5.74) is 3.56. The van der Waals surface area contributed by atoms with Crippen LogP contribution in [0, 0.1) is 10.1 Å². The smallest absolute Gasteiger partial charge is 0.270 e. The Morgan fingerprint density at radius 1 is 1.28 bits per heavy atom. The van der Waals surface area contributed by atoms with Gasteiger partial charge in [-0.1, -0.05) is 24.3 Å². The number of ether oxygens (including phenoxy) is 1. The number of benzene rings is 2. The lowest BCUT2D eigenvalue weighted by Gasteiger charge is -2.15. The number of methoxy groups -OCH3 is 1. The molecule has 0 aromatic heterocycles. The molecular formula is C17H18N4O4. The number of para-hydroxylation sites is 2. The van der Waals surface area contributed by atoms with Crippen LogP contribution in [0.1, 0.15) is 12.5 Å². The van der Waals surface area contributed by atoms with Gasteiger partial charge in [0.15, 0.2) is 0 Å². The second-order valence-electron chi connectivity index (χ2n) is 5.15. The Morgan fingerprint density at radius 2 is 2.04 bits per heavy atom. The molecule has 2 rings (SSSR count). The number of carbonyl (C=O) groups is 1. The lowest BCUT2D eigenvalue weighted by Crippen LogP contribution is -2.35. The van der Waals surface area contributed by atoms with E-state index in [1.807, 2.05) is 12.1 Å². The molecule has 2 aromatic rings. The summed E-state index contributed by atoms with van der Waals surface area (Å²) < 4.78 is 5.22. The fourth-order valence-corrected chi connectivity index (χ4v) is 2.05. The Bertz CT molecular complexity index is 792. The zero-order valence-electron chi connectivity index (χ0n) is 13.8. The fourth-order valence-electron chi connectivity index (χ4n) is 2.05. The molecule has 0 saturated carbocycles. The van der Waals surface area contributed by atoms with Gasteiger partial charge in [0.25, 0.3) is 11.6 Å². The van der Waals surface area contributed by atoms with Gasteiger partial charge in [0.05, 0.1) is 23.9 Å². The molecule has 2 N–H and O–H groups in total. The molecule has 0 aliphatic heterocycles. The van der Waals surface area contributed by atoms with Gasteiger partial charge >= 0.3 is 0 Å². The number of non-ortho nitro benzene ring substituents is 1. The Balaban J connectivity index is 1.95. The Kier molecular flexibility index (Phi) is 6.05. The third-order valence-electron chi connectivity index (χ3n) is 3.34. The van der Waals surface area contributed by atoms with Crippen molar-refractivity contribution in [3.63, 3.8) is 0 Å². The van der Waals surface area contributed by atoms with Crippen molar-refractivity contribution in [2.24, 2.45) is 5.10 Å². The van der Waals surface area contributed by atoms with E-state index in [9.17, 15) is 14.9 Å². The number of anilines is 1. The van der Waals surface area contributed by atoms with Crippen LogP contribution in [0.25, 0.3) is 0 Å². The van der Waals surface area contributed by atoms with Crippen molar-refractivity contribution in [2.75, 3.05) is 12.4 Å². The van der Waals surface area contributed by atoms with Crippen molar-refractivity contribution in [2.45, 2.75) is 13.0 Å². The summed E-state index contributed by atoms with van der Waals surface area (Å²) in [4.78, 5) is 22.3. The van der Waals surface area contributed by atoms with Crippen LogP contribution in [0.4, 0.5) is 11.4 Å². The van der Waals surface area contributed by atoms with Crippen molar-refractivity contribution >= 4 is 23.5 Å². The summed E-state index contributed by atoms with van der Waals surface area (Å²) in [6, 6.07) is 12.6. The fraction of sp³-hybridized carbons (Fsp3) is 0.176. The maximum Gasteiger partial charge on any atom is 0.270 e. The quantitative estimate of drug-likeness (QED) is 0.457. The summed E-state index contributed by atoms with van der Waals surface area (Å²) in [6.07, 6.45) is 1.35. The Morgan fingerprint density at radius 3 is 2.76 bits per heavy atom. The van der Waals surface area contributed by atoms with Crippen molar-refractivity contribution in [1.29, 1.82) is 0 Å². The summed E-state index contributed by atoms with van der Waals surface area (Å²) in [7, 11) is 1.55. The second kappa shape index (κ2) is 8.44. The van der Waals surface area contributed by atoms with Crippen LogP contribution in [0.5, 0.6) is 5.75 Å². The highest BCUT2D eigenvalue weighted by Gasteiger charge is 2.13. The van der Waals surface area contributed by atoms with Gasteiger partial charge in [-0.3, -0.25) is 14.9 Å². The van der Waals surface area contributed by atoms with Crippen LogP contribution in [0.3, 0.4) is 0 Å². The zero-order chi connectivity index (χ0) is 18.2. The van der Waals surface area contributed by atoms with Gasteiger partial charge in [0, 0.05) is 17.7 Å². The first-order valence-electron chi connectivity index (χ1n) is 7.48. The molecule has 2 aromatic carbocycles. The first-order valence-corrected chi connectivity index (χ1v) is 7.48. The molecule has 0 aliphatic carbocycles. The molecule has 1 amide bonds. The maximum absolute atomic E-state index is 12.1. The van der Waals surface area contributed by atoms with Crippen LogP contribution in [-0.4, -0.2) is 30.2 Å². The number of hydrogen-bond acceptors (Lipinski definition) is 6. The number of nitrogens with one attached hydrogen (secondary N) is 2. The van der Waals surface area contributed by atoms with E-state index in [4.69, 9.17) is 4.74 Å². The molecule has 0 heterocycles. The number of nitro benzene ring substituents is 1. The number of carbonyl (C=O) groups excluding carboxylic acids is 1. The molecule has 1 atom stereocenters. The van der Waals surface area contributed by atoms with Crippen molar-refractivity contribution in [3.8, 4) is 5.75 Å². The highest BCUT2D eigenvalue weighted by molar-refractivity contribution is 5.87. The monoisotopic (exact) mass is 342 g/mol. The topological polar surface area (TPSA) is 106 Å². The van der Waals surface area contributed by atoms with E-state index in [0.717, 1.165) is 0 Å². The number of hydrogen-bond donors (Lipinski definition) is 2. The SMILES string of the molecule is COc1ccccc1NC(C)C(=O)N/N=C/c1cccc([N+](=O)[O-])c1. The molecule has 0 fully saturated rings. The summed E-state index contributed by atoms with van der Waals surface area (Å²) >= 11 is 0. The molecule has 0 saturated heterocycles. The van der Waals surface area contributed by atoms with E-state index in [1.54, 1.807) is 38.3 Å². The minimum atomic E-state index is -0.557. The molecular weight excluding hydrogens is 324 g/mol. The van der Waals surface area contributed by atoms with E-state index >= 15 is 0 Å². The van der Waals surface area contributed by atoms with Gasteiger partial charge < -0.3 is 10.1 Å². The third-order valence-corrected chi connectivity index (χ3v) is 3.34. The molecule has 8 nitrogen and oxygen atoms in total. The Hall–Kier alpha value is -3.42. The summed E-state index contributed by atoms with van der Waals surface area (Å²) in [5.74, 6) is 0.273. The molecule has 8 heteroatoms. The van der Waals surface area contributed by atoms with Gasteiger partial charge in [-0.05, 0) is 19.1 Å². The molecule has 130 valence electrons. The van der Waals surface area contributed by atoms with E-state index < -0.39 is 11.0 Å². The van der Waals surface area contributed by atoms with Gasteiger partial charge in [0.2, 0.25) is 0 Å². The van der Waals surface area contributed by atoms with Gasteiger partial charge in [-0.25, -0.2) is 5.43 Å². The van der Waals surface area contributed by atoms with E-state index in [2.05, 4.69) is 15.8 Å². The predicted octanol–water partition coefficient (Wildman–Crippen LogP) is 2.55.